The maximum atomic E-state index is 9.80. The Morgan fingerprint density at radius 3 is 2.53 bits per heavy atom. The van der Waals surface area contributed by atoms with Crippen molar-refractivity contribution in [2.75, 3.05) is 20.3 Å². The third-order valence-electron chi connectivity index (χ3n) is 2.89. The molecule has 0 amide bonds. The number of ether oxygens (including phenoxy) is 2. The largest absolute Gasteiger partial charge is 0.496 e. The molecule has 0 spiro atoms. The maximum Gasteiger partial charge on any atom is 0.123 e. The molecule has 1 aromatic carbocycles. The van der Waals surface area contributed by atoms with E-state index in [0.29, 0.717) is 13.2 Å². The lowest BCUT2D eigenvalue weighted by Crippen LogP contribution is -2.33. The summed E-state index contributed by atoms with van der Waals surface area (Å²) in [6, 6.07) is 8.00. The summed E-state index contributed by atoms with van der Waals surface area (Å²) >= 11 is 0. The van der Waals surface area contributed by atoms with Gasteiger partial charge in [-0.2, -0.15) is 0 Å². The van der Waals surface area contributed by atoms with Gasteiger partial charge in [0.25, 0.3) is 0 Å². The van der Waals surface area contributed by atoms with Crippen LogP contribution in [0.5, 0.6) is 5.75 Å². The van der Waals surface area contributed by atoms with Crippen molar-refractivity contribution in [3.8, 4) is 5.75 Å². The fourth-order valence-electron chi connectivity index (χ4n) is 1.81. The van der Waals surface area contributed by atoms with Crippen LogP contribution in [0.2, 0.25) is 0 Å². The summed E-state index contributed by atoms with van der Waals surface area (Å²) in [5.41, 5.74) is 1.09. The molecule has 0 heterocycles. The van der Waals surface area contributed by atoms with Gasteiger partial charge >= 0.3 is 0 Å². The van der Waals surface area contributed by atoms with Crippen molar-refractivity contribution in [3.05, 3.63) is 29.8 Å². The molecule has 2 atom stereocenters. The molecule has 2 N–H and O–H groups in total. The zero-order chi connectivity index (χ0) is 14.3. The molecule has 1 unspecified atom stereocenters. The standard InChI is InChI=1S/C15H25NO3/c1-11(2)19-10-13(17)9-16-12(3)14-7-5-6-8-15(14)18-4/h5-8,11-13,16-17H,9-10H2,1-4H3/t12-,13?/m0/s1. The molecule has 1 rings (SSSR count). The third kappa shape index (κ3) is 5.59. The molecule has 4 heteroatoms. The molecule has 19 heavy (non-hydrogen) atoms. The average Bonchev–Trinajstić information content (AvgIpc) is 2.42. The van der Waals surface area contributed by atoms with Gasteiger partial charge in [0.1, 0.15) is 5.75 Å². The molecule has 4 nitrogen and oxygen atoms in total. The molecule has 0 bridgehead atoms. The molecule has 0 fully saturated rings. The van der Waals surface area contributed by atoms with E-state index in [1.807, 2.05) is 45.0 Å². The second kappa shape index (κ2) is 8.15. The number of methoxy groups -OCH3 is 1. The summed E-state index contributed by atoms with van der Waals surface area (Å²) < 4.78 is 10.7. The smallest absolute Gasteiger partial charge is 0.123 e. The highest BCUT2D eigenvalue weighted by Crippen LogP contribution is 2.24. The summed E-state index contributed by atoms with van der Waals surface area (Å²) in [6.07, 6.45) is -0.360. The van der Waals surface area contributed by atoms with Crippen molar-refractivity contribution in [3.63, 3.8) is 0 Å². The van der Waals surface area contributed by atoms with Gasteiger partial charge in [-0.1, -0.05) is 18.2 Å². The molecular weight excluding hydrogens is 242 g/mol. The van der Waals surface area contributed by atoms with Crippen LogP contribution in [0.25, 0.3) is 0 Å². The zero-order valence-corrected chi connectivity index (χ0v) is 12.2. The van der Waals surface area contributed by atoms with E-state index in [2.05, 4.69) is 5.32 Å². The minimum atomic E-state index is -0.500. The highest BCUT2D eigenvalue weighted by atomic mass is 16.5. The van der Waals surface area contributed by atoms with Gasteiger partial charge in [0.2, 0.25) is 0 Å². The highest BCUT2D eigenvalue weighted by Gasteiger charge is 2.12. The van der Waals surface area contributed by atoms with Crippen LogP contribution in [0.15, 0.2) is 24.3 Å². The van der Waals surface area contributed by atoms with Gasteiger partial charge in [0, 0.05) is 18.2 Å². The number of nitrogens with one attached hydrogen (secondary N) is 1. The number of para-hydroxylation sites is 1. The van der Waals surface area contributed by atoms with Crippen molar-refractivity contribution in [1.29, 1.82) is 0 Å². The Bertz CT molecular complexity index is 368. The number of hydrogen-bond donors (Lipinski definition) is 2. The summed E-state index contributed by atoms with van der Waals surface area (Å²) in [5, 5.41) is 13.1. The van der Waals surface area contributed by atoms with E-state index < -0.39 is 6.10 Å². The summed E-state index contributed by atoms with van der Waals surface area (Å²) in [4.78, 5) is 0. The summed E-state index contributed by atoms with van der Waals surface area (Å²) in [6.45, 7) is 6.80. The van der Waals surface area contributed by atoms with Gasteiger partial charge < -0.3 is 19.9 Å². The lowest BCUT2D eigenvalue weighted by molar-refractivity contribution is 0.00558. The number of aliphatic hydroxyl groups excluding tert-OH is 1. The Balaban J connectivity index is 2.44. The molecule has 0 saturated heterocycles. The predicted octanol–water partition coefficient (Wildman–Crippen LogP) is 2.13. The van der Waals surface area contributed by atoms with Crippen LogP contribution < -0.4 is 10.1 Å². The molecule has 0 saturated carbocycles. The van der Waals surface area contributed by atoms with Gasteiger partial charge in [0.15, 0.2) is 0 Å². The van der Waals surface area contributed by atoms with Crippen LogP contribution >= 0.6 is 0 Å². The highest BCUT2D eigenvalue weighted by molar-refractivity contribution is 5.35. The van der Waals surface area contributed by atoms with E-state index in [-0.39, 0.29) is 12.1 Å². The van der Waals surface area contributed by atoms with E-state index in [4.69, 9.17) is 9.47 Å². The Kier molecular flexibility index (Phi) is 6.84. The lowest BCUT2D eigenvalue weighted by atomic mass is 10.1. The van der Waals surface area contributed by atoms with Crippen molar-refractivity contribution in [1.82, 2.24) is 5.32 Å². The van der Waals surface area contributed by atoms with Gasteiger partial charge in [-0.25, -0.2) is 0 Å². The topological polar surface area (TPSA) is 50.7 Å². The second-order valence-electron chi connectivity index (χ2n) is 4.91. The van der Waals surface area contributed by atoms with Crippen LogP contribution in [0, 0.1) is 0 Å². The third-order valence-corrected chi connectivity index (χ3v) is 2.89. The van der Waals surface area contributed by atoms with Gasteiger partial charge in [-0.15, -0.1) is 0 Å². The summed E-state index contributed by atoms with van der Waals surface area (Å²) in [7, 11) is 1.66. The first-order chi connectivity index (χ1) is 9.04. The molecular formula is C15H25NO3. The first-order valence-corrected chi connectivity index (χ1v) is 6.70. The molecule has 0 aliphatic heterocycles. The van der Waals surface area contributed by atoms with Crippen LogP contribution in [-0.4, -0.2) is 37.6 Å². The van der Waals surface area contributed by atoms with Crippen LogP contribution in [0.1, 0.15) is 32.4 Å². The van der Waals surface area contributed by atoms with Crippen molar-refractivity contribution in [2.24, 2.45) is 0 Å². The normalized spacial score (nSPS) is 14.4. The SMILES string of the molecule is COc1ccccc1[C@H](C)NCC(O)COC(C)C. The fourth-order valence-corrected chi connectivity index (χ4v) is 1.81. The lowest BCUT2D eigenvalue weighted by Gasteiger charge is -2.20. The van der Waals surface area contributed by atoms with Gasteiger partial charge in [0.05, 0.1) is 25.9 Å². The molecule has 1 aromatic rings. The van der Waals surface area contributed by atoms with Gasteiger partial charge in [-0.05, 0) is 26.8 Å². The second-order valence-corrected chi connectivity index (χ2v) is 4.91. The molecule has 0 aliphatic carbocycles. The maximum absolute atomic E-state index is 9.80. The van der Waals surface area contributed by atoms with Crippen LogP contribution in [-0.2, 0) is 4.74 Å². The Morgan fingerprint density at radius 2 is 1.89 bits per heavy atom. The number of aliphatic hydroxyl groups is 1. The first kappa shape index (κ1) is 16.0. The Labute approximate surface area is 115 Å². The van der Waals surface area contributed by atoms with Crippen molar-refractivity contribution < 1.29 is 14.6 Å². The van der Waals surface area contributed by atoms with E-state index >= 15 is 0 Å². The van der Waals surface area contributed by atoms with Crippen LogP contribution in [0.3, 0.4) is 0 Å². The number of rotatable bonds is 8. The number of benzene rings is 1. The quantitative estimate of drug-likeness (QED) is 0.757. The fraction of sp³-hybridized carbons (Fsp3) is 0.600. The van der Waals surface area contributed by atoms with Crippen molar-refractivity contribution in [2.45, 2.75) is 39.0 Å². The minimum absolute atomic E-state index is 0.116. The number of hydrogen-bond acceptors (Lipinski definition) is 4. The zero-order valence-electron chi connectivity index (χ0n) is 12.2. The monoisotopic (exact) mass is 267 g/mol. The molecule has 0 radical (unpaired) electrons. The minimum Gasteiger partial charge on any atom is -0.496 e. The molecule has 0 aromatic heterocycles. The first-order valence-electron chi connectivity index (χ1n) is 6.70. The van der Waals surface area contributed by atoms with E-state index in [1.54, 1.807) is 7.11 Å². The summed E-state index contributed by atoms with van der Waals surface area (Å²) in [5.74, 6) is 0.857. The predicted molar refractivity (Wildman–Crippen MR) is 76.5 cm³/mol. The van der Waals surface area contributed by atoms with Crippen molar-refractivity contribution >= 4 is 0 Å². The Morgan fingerprint density at radius 1 is 1.21 bits per heavy atom. The van der Waals surface area contributed by atoms with E-state index in [0.717, 1.165) is 11.3 Å². The average molecular weight is 267 g/mol. The molecule has 0 aliphatic rings. The van der Waals surface area contributed by atoms with E-state index in [1.165, 1.54) is 0 Å². The molecule has 108 valence electrons. The Hall–Kier alpha value is -1.10. The van der Waals surface area contributed by atoms with Gasteiger partial charge in [-0.3, -0.25) is 0 Å². The van der Waals surface area contributed by atoms with Crippen LogP contribution in [0.4, 0.5) is 0 Å². The van der Waals surface area contributed by atoms with E-state index in [9.17, 15) is 5.11 Å².